The molecule has 0 fully saturated rings. The summed E-state index contributed by atoms with van der Waals surface area (Å²) in [4.78, 5) is 23.0. The van der Waals surface area contributed by atoms with Crippen LogP contribution in [0, 0.1) is 0 Å². The summed E-state index contributed by atoms with van der Waals surface area (Å²) in [5.74, 6) is -1.40. The highest BCUT2D eigenvalue weighted by Crippen LogP contribution is 2.08. The molecule has 0 aliphatic rings. The van der Waals surface area contributed by atoms with Crippen LogP contribution in [0.2, 0.25) is 0 Å². The van der Waals surface area contributed by atoms with Gasteiger partial charge in [-0.2, -0.15) is 0 Å². The quantitative estimate of drug-likeness (QED) is 0.722. The molecule has 1 amide bonds. The van der Waals surface area contributed by atoms with E-state index in [9.17, 15) is 14.7 Å². The van der Waals surface area contributed by atoms with E-state index in [0.717, 1.165) is 11.1 Å². The van der Waals surface area contributed by atoms with Crippen LogP contribution < -0.4 is 5.32 Å². The summed E-state index contributed by atoms with van der Waals surface area (Å²) in [6.07, 6.45) is -2.33. The molecule has 2 unspecified atom stereocenters. The van der Waals surface area contributed by atoms with Gasteiger partial charge in [-0.05, 0) is 17.5 Å². The van der Waals surface area contributed by atoms with Crippen LogP contribution in [0.15, 0.2) is 60.7 Å². The second-order valence-corrected chi connectivity index (χ2v) is 5.29. The minimum absolute atomic E-state index is 0.0634. The molecule has 6 heteroatoms. The van der Waals surface area contributed by atoms with Crippen LogP contribution in [0.5, 0.6) is 0 Å². The van der Waals surface area contributed by atoms with Gasteiger partial charge in [0.1, 0.15) is 6.61 Å². The first-order valence-corrected chi connectivity index (χ1v) is 7.48. The van der Waals surface area contributed by atoms with Gasteiger partial charge in [-0.3, -0.25) is 0 Å². The molecule has 0 saturated heterocycles. The largest absolute Gasteiger partial charge is 0.479 e. The van der Waals surface area contributed by atoms with Crippen molar-refractivity contribution in [3.05, 3.63) is 71.8 Å². The lowest BCUT2D eigenvalue weighted by molar-refractivity contribution is -0.148. The average molecular weight is 329 g/mol. The highest BCUT2D eigenvalue weighted by atomic mass is 16.5. The number of nitrogens with one attached hydrogen (secondary N) is 1. The van der Waals surface area contributed by atoms with Gasteiger partial charge in [0.15, 0.2) is 6.10 Å². The van der Waals surface area contributed by atoms with Gasteiger partial charge in [-0.15, -0.1) is 0 Å². The molecular formula is C18H19NO5. The maximum atomic E-state index is 11.9. The van der Waals surface area contributed by atoms with Gasteiger partial charge in [-0.1, -0.05) is 60.7 Å². The van der Waals surface area contributed by atoms with Gasteiger partial charge in [-0.25, -0.2) is 9.59 Å². The van der Waals surface area contributed by atoms with Crippen LogP contribution in [0.4, 0.5) is 4.79 Å². The number of amides is 1. The van der Waals surface area contributed by atoms with Gasteiger partial charge < -0.3 is 20.3 Å². The van der Waals surface area contributed by atoms with Crippen molar-refractivity contribution < 1.29 is 24.5 Å². The number of carboxylic acid groups (broad SMARTS) is 1. The van der Waals surface area contributed by atoms with E-state index in [4.69, 9.17) is 9.84 Å². The van der Waals surface area contributed by atoms with E-state index >= 15 is 0 Å². The van der Waals surface area contributed by atoms with Crippen LogP contribution in [-0.4, -0.2) is 34.4 Å². The maximum absolute atomic E-state index is 11.9. The van der Waals surface area contributed by atoms with Gasteiger partial charge in [0.25, 0.3) is 0 Å². The fourth-order valence-electron chi connectivity index (χ4n) is 2.20. The number of ether oxygens (including phenoxy) is 1. The summed E-state index contributed by atoms with van der Waals surface area (Å²) in [6.45, 7) is 0.0634. The Labute approximate surface area is 139 Å². The van der Waals surface area contributed by atoms with E-state index in [2.05, 4.69) is 5.32 Å². The molecule has 6 nitrogen and oxygen atoms in total. The number of carboxylic acids is 1. The molecule has 2 aromatic rings. The Morgan fingerprint density at radius 1 is 0.958 bits per heavy atom. The third kappa shape index (κ3) is 5.40. The number of hydrogen-bond acceptors (Lipinski definition) is 4. The third-order valence-electron chi connectivity index (χ3n) is 3.45. The molecule has 0 bridgehead atoms. The molecule has 0 aliphatic carbocycles. The Morgan fingerprint density at radius 3 is 2.04 bits per heavy atom. The number of aliphatic carboxylic acids is 1. The predicted molar refractivity (Wildman–Crippen MR) is 87.3 cm³/mol. The van der Waals surface area contributed by atoms with Gasteiger partial charge in [0.2, 0.25) is 0 Å². The Bertz CT molecular complexity index is 660. The van der Waals surface area contributed by atoms with Crippen LogP contribution >= 0.6 is 0 Å². The van der Waals surface area contributed by atoms with E-state index in [1.165, 1.54) is 0 Å². The summed E-state index contributed by atoms with van der Waals surface area (Å²) < 4.78 is 5.07. The van der Waals surface area contributed by atoms with E-state index in [0.29, 0.717) is 0 Å². The lowest BCUT2D eigenvalue weighted by Crippen LogP contribution is -2.48. The van der Waals surface area contributed by atoms with Crippen molar-refractivity contribution in [2.45, 2.75) is 25.2 Å². The molecule has 0 heterocycles. The molecule has 2 rings (SSSR count). The molecule has 0 aromatic heterocycles. The van der Waals surface area contributed by atoms with E-state index in [-0.39, 0.29) is 13.0 Å². The van der Waals surface area contributed by atoms with Gasteiger partial charge in [0, 0.05) is 0 Å². The molecule has 0 saturated carbocycles. The van der Waals surface area contributed by atoms with E-state index in [1.807, 2.05) is 24.3 Å². The van der Waals surface area contributed by atoms with Crippen molar-refractivity contribution in [1.29, 1.82) is 0 Å². The monoisotopic (exact) mass is 329 g/mol. The second-order valence-electron chi connectivity index (χ2n) is 5.29. The smallest absolute Gasteiger partial charge is 0.407 e. The predicted octanol–water partition coefficient (Wildman–Crippen LogP) is 1.97. The van der Waals surface area contributed by atoms with Crippen molar-refractivity contribution in [3.8, 4) is 0 Å². The van der Waals surface area contributed by atoms with Crippen molar-refractivity contribution in [2.24, 2.45) is 0 Å². The number of hydrogen-bond donors (Lipinski definition) is 3. The number of aliphatic hydroxyl groups is 1. The number of rotatable bonds is 7. The summed E-state index contributed by atoms with van der Waals surface area (Å²) in [5, 5.41) is 21.2. The summed E-state index contributed by atoms with van der Waals surface area (Å²) in [6, 6.07) is 17.1. The molecule has 0 aliphatic heterocycles. The highest BCUT2D eigenvalue weighted by Gasteiger charge is 2.28. The van der Waals surface area contributed by atoms with Gasteiger partial charge >= 0.3 is 12.1 Å². The molecule has 2 atom stereocenters. The highest BCUT2D eigenvalue weighted by molar-refractivity contribution is 5.75. The van der Waals surface area contributed by atoms with E-state index in [1.54, 1.807) is 36.4 Å². The van der Waals surface area contributed by atoms with Crippen LogP contribution in [0.1, 0.15) is 11.1 Å². The van der Waals surface area contributed by atoms with Crippen molar-refractivity contribution in [3.63, 3.8) is 0 Å². The number of aliphatic hydroxyl groups excluding tert-OH is 1. The number of carbonyl (C=O) groups is 2. The maximum Gasteiger partial charge on any atom is 0.407 e. The fourth-order valence-corrected chi connectivity index (χ4v) is 2.20. The molecule has 3 N–H and O–H groups in total. The minimum atomic E-state index is -1.73. The first-order valence-electron chi connectivity index (χ1n) is 7.48. The lowest BCUT2D eigenvalue weighted by atomic mass is 10.0. The molecular weight excluding hydrogens is 310 g/mol. The first-order chi connectivity index (χ1) is 11.6. The van der Waals surface area contributed by atoms with Crippen LogP contribution in [-0.2, 0) is 22.6 Å². The topological polar surface area (TPSA) is 95.9 Å². The standard InChI is InChI=1S/C18H19NO5/c20-16(17(21)22)15(11-13-7-3-1-4-8-13)19-18(23)24-12-14-9-5-2-6-10-14/h1-10,15-16,20H,11-12H2,(H,19,23)(H,21,22). The zero-order chi connectivity index (χ0) is 17.4. The van der Waals surface area contributed by atoms with Crippen molar-refractivity contribution in [1.82, 2.24) is 5.32 Å². The summed E-state index contributed by atoms with van der Waals surface area (Å²) in [5.41, 5.74) is 1.61. The van der Waals surface area contributed by atoms with Crippen LogP contribution in [0.3, 0.4) is 0 Å². The summed E-state index contributed by atoms with van der Waals surface area (Å²) in [7, 11) is 0. The SMILES string of the molecule is O=C(NC(Cc1ccccc1)C(O)C(=O)O)OCc1ccccc1. The Morgan fingerprint density at radius 2 is 1.50 bits per heavy atom. The Kier molecular flexibility index (Phi) is 6.33. The normalized spacial score (nSPS) is 12.9. The fraction of sp³-hybridized carbons (Fsp3) is 0.222. The molecule has 0 spiro atoms. The first kappa shape index (κ1) is 17.5. The Balaban J connectivity index is 1.96. The number of alkyl carbamates (subject to hydrolysis) is 1. The molecule has 24 heavy (non-hydrogen) atoms. The second kappa shape index (κ2) is 8.69. The zero-order valence-corrected chi connectivity index (χ0v) is 13.0. The third-order valence-corrected chi connectivity index (χ3v) is 3.45. The molecule has 126 valence electrons. The van der Waals surface area contributed by atoms with Gasteiger partial charge in [0.05, 0.1) is 6.04 Å². The van der Waals surface area contributed by atoms with Crippen molar-refractivity contribution in [2.75, 3.05) is 0 Å². The molecule has 2 aromatic carbocycles. The minimum Gasteiger partial charge on any atom is -0.479 e. The Hall–Kier alpha value is -2.86. The summed E-state index contributed by atoms with van der Waals surface area (Å²) >= 11 is 0. The molecule has 0 radical (unpaired) electrons. The number of benzene rings is 2. The van der Waals surface area contributed by atoms with E-state index < -0.39 is 24.2 Å². The number of carbonyl (C=O) groups excluding carboxylic acids is 1. The zero-order valence-electron chi connectivity index (χ0n) is 13.0. The average Bonchev–Trinajstić information content (AvgIpc) is 2.60. The van der Waals surface area contributed by atoms with Crippen LogP contribution in [0.25, 0.3) is 0 Å². The lowest BCUT2D eigenvalue weighted by Gasteiger charge is -2.21. The van der Waals surface area contributed by atoms with Crippen molar-refractivity contribution >= 4 is 12.1 Å².